The molecule has 0 aliphatic carbocycles. The van der Waals surface area contributed by atoms with Crippen LogP contribution in [0.5, 0.6) is 0 Å². The summed E-state index contributed by atoms with van der Waals surface area (Å²) in [5.41, 5.74) is 2.10. The molecule has 1 aliphatic heterocycles. The topological polar surface area (TPSA) is 49.4 Å². The van der Waals surface area contributed by atoms with Gasteiger partial charge in [-0.25, -0.2) is 4.39 Å². The molecule has 142 valence electrons. The zero-order valence-electron chi connectivity index (χ0n) is 15.7. The molecule has 5 heteroatoms. The molecule has 0 radical (unpaired) electrons. The standard InChI is InChI=1S/C22H25FN2O2/c1-15-6-12-20(13-9-16-7-10-19(23)11-8-16)25(15)22(27)18-5-3-4-17(14-18)21(26)24-2/h3-5,7-8,10-11,14-15,20H,6,9,12-13H2,1-2H3,(H,24,26)/t15-,20-/m1/s1. The molecular weight excluding hydrogens is 343 g/mol. The summed E-state index contributed by atoms with van der Waals surface area (Å²) < 4.78 is 13.1. The van der Waals surface area contributed by atoms with Gasteiger partial charge in [0.25, 0.3) is 11.8 Å². The van der Waals surface area contributed by atoms with Gasteiger partial charge in [-0.05, 0) is 68.5 Å². The summed E-state index contributed by atoms with van der Waals surface area (Å²) in [5.74, 6) is -0.470. The molecule has 3 rings (SSSR count). The normalized spacial score (nSPS) is 19.1. The van der Waals surface area contributed by atoms with Crippen LogP contribution in [0, 0.1) is 5.82 Å². The quantitative estimate of drug-likeness (QED) is 0.872. The van der Waals surface area contributed by atoms with E-state index in [0.717, 1.165) is 31.2 Å². The zero-order valence-corrected chi connectivity index (χ0v) is 15.7. The van der Waals surface area contributed by atoms with E-state index < -0.39 is 0 Å². The summed E-state index contributed by atoms with van der Waals surface area (Å²) in [6, 6.07) is 13.7. The van der Waals surface area contributed by atoms with E-state index in [2.05, 4.69) is 12.2 Å². The number of nitrogens with zero attached hydrogens (tertiary/aromatic N) is 1. The number of amides is 2. The minimum atomic E-state index is -0.235. The van der Waals surface area contributed by atoms with Crippen LogP contribution in [0.15, 0.2) is 48.5 Å². The lowest BCUT2D eigenvalue weighted by atomic mass is 10.0. The third-order valence-electron chi connectivity index (χ3n) is 5.30. The Morgan fingerprint density at radius 1 is 1.11 bits per heavy atom. The summed E-state index contributed by atoms with van der Waals surface area (Å²) in [7, 11) is 1.57. The highest BCUT2D eigenvalue weighted by molar-refractivity contribution is 5.99. The van der Waals surface area contributed by atoms with E-state index in [-0.39, 0.29) is 29.7 Å². The molecule has 2 atom stereocenters. The van der Waals surface area contributed by atoms with E-state index in [1.807, 2.05) is 4.90 Å². The van der Waals surface area contributed by atoms with Crippen LogP contribution in [-0.4, -0.2) is 35.8 Å². The maximum atomic E-state index is 13.1. The summed E-state index contributed by atoms with van der Waals surface area (Å²) in [6.45, 7) is 2.07. The van der Waals surface area contributed by atoms with Gasteiger partial charge in [-0.15, -0.1) is 0 Å². The number of benzene rings is 2. The molecule has 1 saturated heterocycles. The number of likely N-dealkylation sites (tertiary alicyclic amines) is 1. The van der Waals surface area contributed by atoms with E-state index in [0.29, 0.717) is 11.1 Å². The fourth-order valence-electron chi connectivity index (χ4n) is 3.79. The first-order valence-corrected chi connectivity index (χ1v) is 9.39. The van der Waals surface area contributed by atoms with E-state index >= 15 is 0 Å². The Morgan fingerprint density at radius 2 is 1.81 bits per heavy atom. The number of carbonyl (C=O) groups is 2. The summed E-state index contributed by atoms with van der Waals surface area (Å²) in [4.78, 5) is 26.9. The van der Waals surface area contributed by atoms with Crippen LogP contribution in [0.1, 0.15) is 52.5 Å². The predicted octanol–water partition coefficient (Wildman–Crippen LogP) is 3.81. The number of rotatable bonds is 5. The minimum absolute atomic E-state index is 0.0325. The van der Waals surface area contributed by atoms with Crippen LogP contribution >= 0.6 is 0 Å². The zero-order chi connectivity index (χ0) is 19.4. The first-order valence-electron chi connectivity index (χ1n) is 9.39. The van der Waals surface area contributed by atoms with Crippen molar-refractivity contribution in [2.75, 3.05) is 7.05 Å². The second-order valence-electron chi connectivity index (χ2n) is 7.12. The van der Waals surface area contributed by atoms with Crippen molar-refractivity contribution in [3.05, 3.63) is 71.0 Å². The summed E-state index contributed by atoms with van der Waals surface area (Å²) in [6.07, 6.45) is 3.58. The highest BCUT2D eigenvalue weighted by Crippen LogP contribution is 2.29. The van der Waals surface area contributed by atoms with Crippen LogP contribution in [0.4, 0.5) is 4.39 Å². The van der Waals surface area contributed by atoms with Gasteiger partial charge in [0.2, 0.25) is 0 Å². The van der Waals surface area contributed by atoms with Gasteiger partial charge in [-0.2, -0.15) is 0 Å². The molecule has 0 bridgehead atoms. The van der Waals surface area contributed by atoms with Gasteiger partial charge >= 0.3 is 0 Å². The maximum Gasteiger partial charge on any atom is 0.254 e. The average molecular weight is 368 g/mol. The van der Waals surface area contributed by atoms with Crippen molar-refractivity contribution in [3.63, 3.8) is 0 Å². The summed E-state index contributed by atoms with van der Waals surface area (Å²) >= 11 is 0. The number of hydrogen-bond donors (Lipinski definition) is 1. The molecule has 1 aliphatic rings. The van der Waals surface area contributed by atoms with Gasteiger partial charge in [0.15, 0.2) is 0 Å². The van der Waals surface area contributed by atoms with Crippen LogP contribution in [0.2, 0.25) is 0 Å². The molecule has 2 aromatic carbocycles. The average Bonchev–Trinajstić information content (AvgIpc) is 3.06. The van der Waals surface area contributed by atoms with Crippen LogP contribution < -0.4 is 5.32 Å². The first-order chi connectivity index (χ1) is 13.0. The third kappa shape index (κ3) is 4.35. The lowest BCUT2D eigenvalue weighted by Gasteiger charge is -2.29. The molecule has 0 unspecified atom stereocenters. The van der Waals surface area contributed by atoms with E-state index in [4.69, 9.17) is 0 Å². The Morgan fingerprint density at radius 3 is 2.52 bits per heavy atom. The molecule has 1 fully saturated rings. The lowest BCUT2D eigenvalue weighted by Crippen LogP contribution is -2.40. The van der Waals surface area contributed by atoms with Gasteiger partial charge in [-0.1, -0.05) is 18.2 Å². The lowest BCUT2D eigenvalue weighted by molar-refractivity contribution is 0.0673. The number of nitrogens with one attached hydrogen (secondary N) is 1. The Balaban J connectivity index is 1.73. The minimum Gasteiger partial charge on any atom is -0.355 e. The maximum absolute atomic E-state index is 13.1. The second-order valence-corrected chi connectivity index (χ2v) is 7.12. The van der Waals surface area contributed by atoms with E-state index in [9.17, 15) is 14.0 Å². The molecule has 0 aromatic heterocycles. The molecule has 0 spiro atoms. The van der Waals surface area contributed by atoms with Crippen LogP contribution in [-0.2, 0) is 6.42 Å². The molecular formula is C22H25FN2O2. The van der Waals surface area contributed by atoms with Crippen molar-refractivity contribution in [2.24, 2.45) is 0 Å². The van der Waals surface area contributed by atoms with Crippen LogP contribution in [0.3, 0.4) is 0 Å². The highest BCUT2D eigenvalue weighted by atomic mass is 19.1. The van der Waals surface area contributed by atoms with E-state index in [1.165, 1.54) is 12.1 Å². The van der Waals surface area contributed by atoms with Crippen molar-refractivity contribution in [1.29, 1.82) is 0 Å². The van der Waals surface area contributed by atoms with Crippen LogP contribution in [0.25, 0.3) is 0 Å². The van der Waals surface area contributed by atoms with Gasteiger partial charge < -0.3 is 10.2 Å². The number of aryl methyl sites for hydroxylation is 1. The largest absolute Gasteiger partial charge is 0.355 e. The number of hydrogen-bond acceptors (Lipinski definition) is 2. The van der Waals surface area contributed by atoms with Crippen molar-refractivity contribution in [3.8, 4) is 0 Å². The van der Waals surface area contributed by atoms with Crippen molar-refractivity contribution < 1.29 is 14.0 Å². The molecule has 0 saturated carbocycles. The Bertz CT molecular complexity index is 819. The van der Waals surface area contributed by atoms with Gasteiger partial charge in [0.1, 0.15) is 5.82 Å². The highest BCUT2D eigenvalue weighted by Gasteiger charge is 2.34. The SMILES string of the molecule is CNC(=O)c1cccc(C(=O)N2[C@@H](CCc3ccc(F)cc3)CC[C@H]2C)c1. The van der Waals surface area contributed by atoms with E-state index in [1.54, 1.807) is 43.4 Å². The van der Waals surface area contributed by atoms with Gasteiger partial charge in [0.05, 0.1) is 0 Å². The molecule has 4 nitrogen and oxygen atoms in total. The molecule has 27 heavy (non-hydrogen) atoms. The second kappa shape index (κ2) is 8.33. The first kappa shape index (κ1) is 19.1. The molecule has 1 heterocycles. The van der Waals surface area contributed by atoms with Gasteiger partial charge in [0, 0.05) is 30.3 Å². The number of carbonyl (C=O) groups excluding carboxylic acids is 2. The Hall–Kier alpha value is -2.69. The monoisotopic (exact) mass is 368 g/mol. The smallest absolute Gasteiger partial charge is 0.254 e. The van der Waals surface area contributed by atoms with Crippen molar-refractivity contribution >= 4 is 11.8 Å². The number of halogens is 1. The van der Waals surface area contributed by atoms with Crippen molar-refractivity contribution in [1.82, 2.24) is 10.2 Å². The molecule has 2 amide bonds. The fourth-order valence-corrected chi connectivity index (χ4v) is 3.79. The summed E-state index contributed by atoms with van der Waals surface area (Å²) in [5, 5.41) is 2.59. The Kier molecular flexibility index (Phi) is 5.89. The molecule has 2 aromatic rings. The van der Waals surface area contributed by atoms with Gasteiger partial charge in [-0.3, -0.25) is 9.59 Å². The Labute approximate surface area is 159 Å². The predicted molar refractivity (Wildman–Crippen MR) is 103 cm³/mol. The van der Waals surface area contributed by atoms with Crippen molar-refractivity contribution in [2.45, 2.75) is 44.7 Å². The third-order valence-corrected chi connectivity index (χ3v) is 5.30. The molecule has 1 N–H and O–H groups in total. The fraction of sp³-hybridized carbons (Fsp3) is 0.364.